The maximum Gasteiger partial charge on any atom is 0.317 e. The SMILES string of the molecule is CCCCCCCCCCCCNCCNC(C)NCC(=O)O. The molecule has 0 bridgehead atoms. The topological polar surface area (TPSA) is 73.4 Å². The number of rotatable bonds is 18. The summed E-state index contributed by atoms with van der Waals surface area (Å²) in [6, 6.07) is 0. The van der Waals surface area contributed by atoms with E-state index in [0.29, 0.717) is 0 Å². The van der Waals surface area contributed by atoms with Gasteiger partial charge in [0.1, 0.15) is 0 Å². The van der Waals surface area contributed by atoms with Crippen molar-refractivity contribution in [2.45, 2.75) is 84.2 Å². The minimum Gasteiger partial charge on any atom is -0.480 e. The molecule has 1 atom stereocenters. The van der Waals surface area contributed by atoms with Gasteiger partial charge in [-0.2, -0.15) is 0 Å². The molecule has 5 nitrogen and oxygen atoms in total. The fraction of sp³-hybridized carbons (Fsp3) is 0.944. The summed E-state index contributed by atoms with van der Waals surface area (Å²) in [6.45, 7) is 7.06. The van der Waals surface area contributed by atoms with Crippen LogP contribution in [0.5, 0.6) is 0 Å². The Kier molecular flexibility index (Phi) is 17.2. The predicted octanol–water partition coefficient (Wildman–Crippen LogP) is 3.11. The zero-order valence-corrected chi connectivity index (χ0v) is 15.3. The van der Waals surface area contributed by atoms with Crippen molar-refractivity contribution in [3.8, 4) is 0 Å². The largest absolute Gasteiger partial charge is 0.480 e. The van der Waals surface area contributed by atoms with Crippen molar-refractivity contribution in [2.75, 3.05) is 26.2 Å². The quantitative estimate of drug-likeness (QED) is 0.230. The van der Waals surface area contributed by atoms with Crippen LogP contribution in [-0.2, 0) is 4.79 Å². The third-order valence-electron chi connectivity index (χ3n) is 4.02. The molecule has 138 valence electrons. The molecule has 0 saturated carbocycles. The third kappa shape index (κ3) is 19.3. The molecule has 0 rings (SSSR count). The molecule has 0 radical (unpaired) electrons. The van der Waals surface area contributed by atoms with Crippen LogP contribution in [0.3, 0.4) is 0 Å². The summed E-state index contributed by atoms with van der Waals surface area (Å²) in [6.07, 6.45) is 13.8. The van der Waals surface area contributed by atoms with Crippen LogP contribution >= 0.6 is 0 Å². The Bertz CT molecular complexity index is 263. The van der Waals surface area contributed by atoms with E-state index in [2.05, 4.69) is 22.9 Å². The molecular formula is C18H39N3O2. The molecular weight excluding hydrogens is 290 g/mol. The summed E-state index contributed by atoms with van der Waals surface area (Å²) >= 11 is 0. The second-order valence-corrected chi connectivity index (χ2v) is 6.38. The number of hydrogen-bond acceptors (Lipinski definition) is 4. The van der Waals surface area contributed by atoms with Gasteiger partial charge in [0.2, 0.25) is 0 Å². The van der Waals surface area contributed by atoms with Crippen LogP contribution in [0.1, 0.15) is 78.1 Å². The summed E-state index contributed by atoms with van der Waals surface area (Å²) in [4.78, 5) is 10.4. The van der Waals surface area contributed by atoms with Crippen molar-refractivity contribution in [3.63, 3.8) is 0 Å². The Hall–Kier alpha value is -0.650. The predicted molar refractivity (Wildman–Crippen MR) is 97.8 cm³/mol. The molecule has 0 aromatic carbocycles. The van der Waals surface area contributed by atoms with Gasteiger partial charge in [-0.05, 0) is 19.9 Å². The molecule has 4 N–H and O–H groups in total. The maximum absolute atomic E-state index is 10.4. The average Bonchev–Trinajstić information content (AvgIpc) is 2.53. The van der Waals surface area contributed by atoms with Crippen LogP contribution in [0.15, 0.2) is 0 Å². The van der Waals surface area contributed by atoms with E-state index >= 15 is 0 Å². The Labute approximate surface area is 143 Å². The molecule has 0 saturated heterocycles. The molecule has 5 heteroatoms. The normalized spacial score (nSPS) is 12.4. The smallest absolute Gasteiger partial charge is 0.317 e. The van der Waals surface area contributed by atoms with E-state index in [9.17, 15) is 4.79 Å². The second kappa shape index (κ2) is 17.7. The van der Waals surface area contributed by atoms with Crippen LogP contribution in [0.4, 0.5) is 0 Å². The van der Waals surface area contributed by atoms with E-state index in [1.54, 1.807) is 0 Å². The average molecular weight is 330 g/mol. The molecule has 1 unspecified atom stereocenters. The Morgan fingerprint density at radius 2 is 1.39 bits per heavy atom. The van der Waals surface area contributed by atoms with Gasteiger partial charge in [-0.1, -0.05) is 64.7 Å². The van der Waals surface area contributed by atoms with Crippen LogP contribution in [0.2, 0.25) is 0 Å². The fourth-order valence-electron chi connectivity index (χ4n) is 2.55. The van der Waals surface area contributed by atoms with Gasteiger partial charge in [0.05, 0.1) is 12.7 Å². The molecule has 0 aliphatic rings. The summed E-state index contributed by atoms with van der Waals surface area (Å²) in [5.41, 5.74) is 0. The Balaban J connectivity index is 3.09. The lowest BCUT2D eigenvalue weighted by molar-refractivity contribution is -0.136. The number of carboxylic acids is 1. The molecule has 0 amide bonds. The number of carbonyl (C=O) groups is 1. The van der Waals surface area contributed by atoms with Gasteiger partial charge in [0.15, 0.2) is 0 Å². The number of hydrogen-bond donors (Lipinski definition) is 4. The van der Waals surface area contributed by atoms with Crippen LogP contribution < -0.4 is 16.0 Å². The van der Waals surface area contributed by atoms with Crippen molar-refractivity contribution in [2.24, 2.45) is 0 Å². The molecule has 0 spiro atoms. The zero-order chi connectivity index (χ0) is 17.2. The highest BCUT2D eigenvalue weighted by molar-refractivity contribution is 5.69. The van der Waals surface area contributed by atoms with Crippen molar-refractivity contribution in [1.82, 2.24) is 16.0 Å². The number of nitrogens with one attached hydrogen (secondary N) is 3. The molecule has 0 heterocycles. The van der Waals surface area contributed by atoms with Crippen molar-refractivity contribution < 1.29 is 9.90 Å². The highest BCUT2D eigenvalue weighted by Crippen LogP contribution is 2.10. The Morgan fingerprint density at radius 1 is 0.826 bits per heavy atom. The van der Waals surface area contributed by atoms with Gasteiger partial charge >= 0.3 is 5.97 Å². The van der Waals surface area contributed by atoms with Gasteiger partial charge in [0.25, 0.3) is 0 Å². The van der Waals surface area contributed by atoms with Crippen LogP contribution in [-0.4, -0.2) is 43.4 Å². The number of carboxylic acid groups (broad SMARTS) is 1. The maximum atomic E-state index is 10.4. The molecule has 0 aromatic rings. The van der Waals surface area contributed by atoms with Gasteiger partial charge in [-0.15, -0.1) is 0 Å². The monoisotopic (exact) mass is 329 g/mol. The third-order valence-corrected chi connectivity index (χ3v) is 4.02. The number of aliphatic carboxylic acids is 1. The van der Waals surface area contributed by atoms with Gasteiger partial charge < -0.3 is 15.7 Å². The summed E-state index contributed by atoms with van der Waals surface area (Å²) in [7, 11) is 0. The fourth-order valence-corrected chi connectivity index (χ4v) is 2.55. The first-order chi connectivity index (χ1) is 11.2. The van der Waals surface area contributed by atoms with Gasteiger partial charge in [-0.25, -0.2) is 0 Å². The summed E-state index contributed by atoms with van der Waals surface area (Å²) in [5, 5.41) is 18.1. The summed E-state index contributed by atoms with van der Waals surface area (Å²) in [5.74, 6) is -0.822. The molecule has 0 aliphatic carbocycles. The minimum absolute atomic E-state index is 0.000198. The van der Waals surface area contributed by atoms with E-state index in [-0.39, 0.29) is 12.7 Å². The van der Waals surface area contributed by atoms with E-state index in [4.69, 9.17) is 5.11 Å². The van der Waals surface area contributed by atoms with E-state index in [0.717, 1.165) is 19.6 Å². The van der Waals surface area contributed by atoms with E-state index in [1.165, 1.54) is 64.2 Å². The lowest BCUT2D eigenvalue weighted by Crippen LogP contribution is -2.44. The van der Waals surface area contributed by atoms with Gasteiger partial charge in [0, 0.05) is 13.1 Å². The summed E-state index contributed by atoms with van der Waals surface area (Å²) < 4.78 is 0. The zero-order valence-electron chi connectivity index (χ0n) is 15.3. The number of unbranched alkanes of at least 4 members (excludes halogenated alkanes) is 9. The first-order valence-corrected chi connectivity index (χ1v) is 9.56. The van der Waals surface area contributed by atoms with Crippen molar-refractivity contribution in [1.29, 1.82) is 0 Å². The van der Waals surface area contributed by atoms with Crippen molar-refractivity contribution in [3.05, 3.63) is 0 Å². The van der Waals surface area contributed by atoms with Crippen LogP contribution in [0, 0.1) is 0 Å². The lowest BCUT2D eigenvalue weighted by atomic mass is 10.1. The molecule has 0 aliphatic heterocycles. The van der Waals surface area contributed by atoms with Crippen molar-refractivity contribution >= 4 is 5.97 Å². The Morgan fingerprint density at radius 3 is 1.96 bits per heavy atom. The lowest BCUT2D eigenvalue weighted by Gasteiger charge is -2.14. The second-order valence-electron chi connectivity index (χ2n) is 6.38. The standard InChI is InChI=1S/C18H39N3O2/c1-3-4-5-6-7-8-9-10-11-12-13-19-14-15-20-17(2)21-16-18(22)23/h17,19-21H,3-16H2,1-2H3,(H,22,23). The van der Waals surface area contributed by atoms with Crippen LogP contribution in [0.25, 0.3) is 0 Å². The highest BCUT2D eigenvalue weighted by atomic mass is 16.4. The molecule has 0 aromatic heterocycles. The molecule has 23 heavy (non-hydrogen) atoms. The first kappa shape index (κ1) is 22.4. The van der Waals surface area contributed by atoms with E-state index in [1.807, 2.05) is 6.92 Å². The minimum atomic E-state index is -0.822. The van der Waals surface area contributed by atoms with Gasteiger partial charge in [-0.3, -0.25) is 10.1 Å². The van der Waals surface area contributed by atoms with E-state index < -0.39 is 5.97 Å². The molecule has 0 fully saturated rings. The highest BCUT2D eigenvalue weighted by Gasteiger charge is 2.01. The first-order valence-electron chi connectivity index (χ1n) is 9.56.